The predicted molar refractivity (Wildman–Crippen MR) is 83.2 cm³/mol. The Hall–Kier alpha value is -0.640. The second-order valence-corrected chi connectivity index (χ2v) is 6.53. The van der Waals surface area contributed by atoms with E-state index >= 15 is 0 Å². The quantitative estimate of drug-likeness (QED) is 0.833. The Kier molecular flexibility index (Phi) is 4.98. The van der Waals surface area contributed by atoms with Crippen molar-refractivity contribution in [2.45, 2.75) is 32.4 Å². The molecular weight excluding hydrogens is 306 g/mol. The number of rotatable bonds is 5. The van der Waals surface area contributed by atoms with Crippen molar-refractivity contribution in [3.63, 3.8) is 0 Å². The first-order chi connectivity index (χ1) is 8.65. The monoisotopic (exact) mass is 323 g/mol. The molecule has 2 atom stereocenters. The highest BCUT2D eigenvalue weighted by atomic mass is 79.9. The summed E-state index contributed by atoms with van der Waals surface area (Å²) in [5.41, 5.74) is 1.37. The normalized spacial score (nSPS) is 14.4. The van der Waals surface area contributed by atoms with Crippen LogP contribution in [0.15, 0.2) is 46.3 Å². The average Bonchev–Trinajstić information content (AvgIpc) is 2.85. The van der Waals surface area contributed by atoms with Gasteiger partial charge in [0.05, 0.1) is 0 Å². The first kappa shape index (κ1) is 13.8. The van der Waals surface area contributed by atoms with E-state index in [4.69, 9.17) is 0 Å². The molecule has 0 spiro atoms. The van der Waals surface area contributed by atoms with Crippen LogP contribution in [-0.4, -0.2) is 6.04 Å². The highest BCUT2D eigenvalue weighted by Gasteiger charge is 2.10. The first-order valence-corrected chi connectivity index (χ1v) is 7.86. The van der Waals surface area contributed by atoms with Crippen LogP contribution in [0.3, 0.4) is 0 Å². The van der Waals surface area contributed by atoms with Crippen LogP contribution < -0.4 is 5.32 Å². The molecule has 18 heavy (non-hydrogen) atoms. The van der Waals surface area contributed by atoms with E-state index in [0.29, 0.717) is 12.1 Å². The molecule has 1 nitrogen and oxygen atoms in total. The lowest BCUT2D eigenvalue weighted by atomic mass is 10.1. The van der Waals surface area contributed by atoms with Gasteiger partial charge in [0.25, 0.3) is 0 Å². The zero-order valence-electron chi connectivity index (χ0n) is 10.7. The first-order valence-electron chi connectivity index (χ1n) is 6.19. The van der Waals surface area contributed by atoms with Crippen molar-refractivity contribution in [3.05, 3.63) is 56.7 Å². The van der Waals surface area contributed by atoms with Gasteiger partial charge >= 0.3 is 0 Å². The summed E-state index contributed by atoms with van der Waals surface area (Å²) in [6.07, 6.45) is 1.06. The highest BCUT2D eigenvalue weighted by Crippen LogP contribution is 2.19. The number of hydrogen-bond acceptors (Lipinski definition) is 2. The Morgan fingerprint density at radius 1 is 1.17 bits per heavy atom. The third kappa shape index (κ3) is 3.94. The lowest BCUT2D eigenvalue weighted by Gasteiger charge is -2.19. The molecule has 2 rings (SSSR count). The second kappa shape index (κ2) is 6.50. The minimum absolute atomic E-state index is 0.426. The Morgan fingerprint density at radius 3 is 2.50 bits per heavy atom. The summed E-state index contributed by atoms with van der Waals surface area (Å²) in [6, 6.07) is 13.8. The molecule has 96 valence electrons. The van der Waals surface area contributed by atoms with Crippen LogP contribution in [-0.2, 0) is 6.42 Å². The van der Waals surface area contributed by atoms with Gasteiger partial charge < -0.3 is 5.32 Å². The van der Waals surface area contributed by atoms with Gasteiger partial charge in [-0.25, -0.2) is 0 Å². The molecule has 1 heterocycles. The summed E-state index contributed by atoms with van der Waals surface area (Å²) < 4.78 is 1.14. The summed E-state index contributed by atoms with van der Waals surface area (Å²) in [6.45, 7) is 4.47. The lowest BCUT2D eigenvalue weighted by Crippen LogP contribution is -2.30. The smallest absolute Gasteiger partial charge is 0.0388 e. The van der Waals surface area contributed by atoms with Crippen molar-refractivity contribution in [3.8, 4) is 0 Å². The molecule has 2 unspecified atom stereocenters. The van der Waals surface area contributed by atoms with E-state index in [1.54, 1.807) is 0 Å². The van der Waals surface area contributed by atoms with Gasteiger partial charge in [-0.1, -0.05) is 34.1 Å². The largest absolute Gasteiger partial charge is 0.307 e. The van der Waals surface area contributed by atoms with E-state index in [1.165, 1.54) is 10.4 Å². The fourth-order valence-electron chi connectivity index (χ4n) is 2.08. The topological polar surface area (TPSA) is 12.0 Å². The number of hydrogen-bond donors (Lipinski definition) is 1. The lowest BCUT2D eigenvalue weighted by molar-refractivity contribution is 0.482. The van der Waals surface area contributed by atoms with Crippen molar-refractivity contribution in [2.75, 3.05) is 0 Å². The molecule has 1 aromatic carbocycles. The number of thiophene rings is 1. The van der Waals surface area contributed by atoms with Crippen molar-refractivity contribution >= 4 is 27.3 Å². The van der Waals surface area contributed by atoms with E-state index in [0.717, 1.165) is 10.9 Å². The Bertz CT molecular complexity index is 464. The van der Waals surface area contributed by atoms with Crippen molar-refractivity contribution < 1.29 is 0 Å². The summed E-state index contributed by atoms with van der Waals surface area (Å²) in [4.78, 5) is 1.40. The van der Waals surface area contributed by atoms with Gasteiger partial charge in [-0.05, 0) is 49.4 Å². The summed E-state index contributed by atoms with van der Waals surface area (Å²) in [5.74, 6) is 0. The highest BCUT2D eigenvalue weighted by molar-refractivity contribution is 9.10. The maximum absolute atomic E-state index is 3.64. The van der Waals surface area contributed by atoms with Gasteiger partial charge in [0.15, 0.2) is 0 Å². The van der Waals surface area contributed by atoms with Crippen LogP contribution in [0.2, 0.25) is 0 Å². The molecule has 0 amide bonds. The molecule has 0 saturated heterocycles. The molecule has 0 bridgehead atoms. The van der Waals surface area contributed by atoms with Gasteiger partial charge in [0, 0.05) is 21.4 Å². The van der Waals surface area contributed by atoms with E-state index in [2.05, 4.69) is 76.9 Å². The molecule has 0 aliphatic rings. The van der Waals surface area contributed by atoms with Crippen molar-refractivity contribution in [1.29, 1.82) is 0 Å². The summed E-state index contributed by atoms with van der Waals surface area (Å²) in [7, 11) is 0. The van der Waals surface area contributed by atoms with Crippen LogP contribution in [0.25, 0.3) is 0 Å². The maximum Gasteiger partial charge on any atom is 0.0388 e. The SMILES string of the molecule is CC(Cc1ccc(Br)cc1)NC(C)c1cccs1. The predicted octanol–water partition coefficient (Wildman–Crippen LogP) is 4.79. The average molecular weight is 324 g/mol. The van der Waals surface area contributed by atoms with Crippen LogP contribution >= 0.6 is 27.3 Å². The minimum Gasteiger partial charge on any atom is -0.307 e. The maximum atomic E-state index is 3.64. The molecule has 1 N–H and O–H groups in total. The number of halogens is 1. The summed E-state index contributed by atoms with van der Waals surface area (Å²) >= 11 is 5.28. The van der Waals surface area contributed by atoms with Gasteiger partial charge in [-0.15, -0.1) is 11.3 Å². The fraction of sp³-hybridized carbons (Fsp3) is 0.333. The molecule has 2 aromatic rings. The zero-order chi connectivity index (χ0) is 13.0. The molecule has 0 saturated carbocycles. The Morgan fingerprint density at radius 2 is 1.89 bits per heavy atom. The van der Waals surface area contributed by atoms with Crippen molar-refractivity contribution in [1.82, 2.24) is 5.32 Å². The molecule has 1 aromatic heterocycles. The van der Waals surface area contributed by atoms with Crippen LogP contribution in [0, 0.1) is 0 Å². The molecule has 0 aliphatic carbocycles. The van der Waals surface area contributed by atoms with Crippen molar-refractivity contribution in [2.24, 2.45) is 0 Å². The molecule has 3 heteroatoms. The molecule has 0 fully saturated rings. The van der Waals surface area contributed by atoms with Gasteiger partial charge in [-0.3, -0.25) is 0 Å². The van der Waals surface area contributed by atoms with E-state index < -0.39 is 0 Å². The number of benzene rings is 1. The summed E-state index contributed by atoms with van der Waals surface area (Å²) in [5, 5.41) is 5.78. The standard InChI is InChI=1S/C15H18BrNS/c1-11(10-13-5-7-14(16)8-6-13)17-12(2)15-4-3-9-18-15/h3-9,11-12,17H,10H2,1-2H3. The molecule has 0 aliphatic heterocycles. The molecule has 0 radical (unpaired) electrons. The zero-order valence-corrected chi connectivity index (χ0v) is 13.1. The van der Waals surface area contributed by atoms with Gasteiger partial charge in [0.1, 0.15) is 0 Å². The van der Waals surface area contributed by atoms with Crippen LogP contribution in [0.4, 0.5) is 0 Å². The number of nitrogens with one attached hydrogen (secondary N) is 1. The Labute approximate surface area is 121 Å². The van der Waals surface area contributed by atoms with Gasteiger partial charge in [-0.2, -0.15) is 0 Å². The third-order valence-corrected chi connectivity index (χ3v) is 4.54. The fourth-order valence-corrected chi connectivity index (χ4v) is 3.09. The van der Waals surface area contributed by atoms with Gasteiger partial charge in [0.2, 0.25) is 0 Å². The third-order valence-electron chi connectivity index (χ3n) is 2.96. The second-order valence-electron chi connectivity index (χ2n) is 4.64. The van der Waals surface area contributed by atoms with Crippen LogP contribution in [0.5, 0.6) is 0 Å². The van der Waals surface area contributed by atoms with E-state index in [9.17, 15) is 0 Å². The van der Waals surface area contributed by atoms with E-state index in [-0.39, 0.29) is 0 Å². The molecular formula is C15H18BrNS. The Balaban J connectivity index is 1.88. The van der Waals surface area contributed by atoms with Crippen LogP contribution in [0.1, 0.15) is 30.3 Å². The minimum atomic E-state index is 0.426. The van der Waals surface area contributed by atoms with E-state index in [1.807, 2.05) is 11.3 Å².